The van der Waals surface area contributed by atoms with E-state index in [2.05, 4.69) is 31.1 Å². The van der Waals surface area contributed by atoms with Crippen molar-refractivity contribution in [1.29, 1.82) is 0 Å². The van der Waals surface area contributed by atoms with Gasteiger partial charge >= 0.3 is 6.03 Å². The van der Waals surface area contributed by atoms with Gasteiger partial charge in [0.05, 0.1) is 23.0 Å². The molecule has 1 aromatic carbocycles. The lowest BCUT2D eigenvalue weighted by atomic mass is 10.1. The Morgan fingerprint density at radius 1 is 1.34 bits per heavy atom. The van der Waals surface area contributed by atoms with Gasteiger partial charge in [-0.15, -0.1) is 5.10 Å². The van der Waals surface area contributed by atoms with Crippen molar-refractivity contribution in [3.63, 3.8) is 0 Å². The van der Waals surface area contributed by atoms with Crippen LogP contribution in [0.3, 0.4) is 0 Å². The van der Waals surface area contributed by atoms with Crippen LogP contribution < -0.4 is 20.7 Å². The number of carbonyl (C=O) groups is 2. The Morgan fingerprint density at radius 2 is 2.17 bits per heavy atom. The largest absolute Gasteiger partial charge is 0.474 e. The molecule has 0 saturated carbocycles. The number of pyridine rings is 1. The number of aromatic nitrogens is 3. The van der Waals surface area contributed by atoms with Crippen LogP contribution in [0.2, 0.25) is 0 Å². The Kier molecular flexibility index (Phi) is 5.28. The molecule has 1 fully saturated rings. The maximum absolute atomic E-state index is 12.3. The van der Waals surface area contributed by atoms with Crippen molar-refractivity contribution in [3.8, 4) is 5.88 Å². The first kappa shape index (κ1) is 18.7. The minimum Gasteiger partial charge on any atom is -0.474 e. The Bertz CT molecular complexity index is 1020. The second-order valence-corrected chi connectivity index (χ2v) is 6.99. The van der Waals surface area contributed by atoms with Crippen LogP contribution in [-0.2, 0) is 4.79 Å². The van der Waals surface area contributed by atoms with Crippen LogP contribution in [0.1, 0.15) is 31.4 Å². The quantitative estimate of drug-likeness (QED) is 0.512. The zero-order valence-electron chi connectivity index (χ0n) is 15.9. The van der Waals surface area contributed by atoms with E-state index < -0.39 is 0 Å². The number of fused-ring (bicyclic) bond motifs is 1. The van der Waals surface area contributed by atoms with E-state index in [1.54, 1.807) is 12.3 Å². The maximum Gasteiger partial charge on any atom is 0.320 e. The third-order valence-electron chi connectivity index (χ3n) is 4.81. The van der Waals surface area contributed by atoms with E-state index >= 15 is 0 Å². The number of H-pyrrole nitrogens is 1. The Labute approximate surface area is 167 Å². The van der Waals surface area contributed by atoms with Crippen LogP contribution in [0, 0.1) is 0 Å². The van der Waals surface area contributed by atoms with Crippen LogP contribution in [0.4, 0.5) is 10.6 Å². The van der Waals surface area contributed by atoms with Crippen LogP contribution in [0.5, 0.6) is 5.88 Å². The number of ether oxygens (including phenoxy) is 1. The van der Waals surface area contributed by atoms with Gasteiger partial charge in [-0.25, -0.2) is 9.78 Å². The lowest BCUT2D eigenvalue weighted by Crippen LogP contribution is -2.31. The number of anilines is 1. The first-order valence-corrected chi connectivity index (χ1v) is 9.47. The van der Waals surface area contributed by atoms with Crippen LogP contribution in [0.15, 0.2) is 42.6 Å². The number of carbonyl (C=O) groups excluding carboxylic acids is 2. The molecule has 2 atom stereocenters. The molecule has 3 heterocycles. The Morgan fingerprint density at radius 3 is 2.93 bits per heavy atom. The molecule has 3 amide bonds. The molecule has 0 unspecified atom stereocenters. The van der Waals surface area contributed by atoms with Crippen molar-refractivity contribution < 1.29 is 14.3 Å². The SMILES string of the molecule is C[C@@H](NC(=O)Nc1cc2[nH]nc(OC[C@@H]3CCC(=O)N3)c2cn1)c1ccccc1. The summed E-state index contributed by atoms with van der Waals surface area (Å²) in [5.41, 5.74) is 1.71. The fourth-order valence-electron chi connectivity index (χ4n) is 3.22. The van der Waals surface area contributed by atoms with Gasteiger partial charge in [0.1, 0.15) is 12.4 Å². The number of aromatic amines is 1. The summed E-state index contributed by atoms with van der Waals surface area (Å²) in [6.45, 7) is 2.27. The molecule has 1 aliphatic rings. The second-order valence-electron chi connectivity index (χ2n) is 6.99. The van der Waals surface area contributed by atoms with Gasteiger partial charge in [-0.05, 0) is 18.9 Å². The molecule has 1 saturated heterocycles. The summed E-state index contributed by atoms with van der Waals surface area (Å²) >= 11 is 0. The minimum absolute atomic E-state index is 0.00144. The average molecular weight is 394 g/mol. The molecule has 9 nitrogen and oxygen atoms in total. The molecule has 4 rings (SSSR count). The summed E-state index contributed by atoms with van der Waals surface area (Å²) in [6.07, 6.45) is 2.87. The van der Waals surface area contributed by atoms with E-state index in [1.807, 2.05) is 37.3 Å². The molecule has 150 valence electrons. The predicted molar refractivity (Wildman–Crippen MR) is 108 cm³/mol. The van der Waals surface area contributed by atoms with Gasteiger partial charge in [0.2, 0.25) is 11.8 Å². The Hall–Kier alpha value is -3.62. The highest BCUT2D eigenvalue weighted by atomic mass is 16.5. The van der Waals surface area contributed by atoms with Crippen molar-refractivity contribution in [3.05, 3.63) is 48.2 Å². The average Bonchev–Trinajstić information content (AvgIpc) is 3.32. The fraction of sp³-hybridized carbons (Fsp3) is 0.300. The lowest BCUT2D eigenvalue weighted by molar-refractivity contribution is -0.119. The predicted octanol–water partition coefficient (Wildman–Crippen LogP) is 2.50. The zero-order valence-corrected chi connectivity index (χ0v) is 15.9. The van der Waals surface area contributed by atoms with Gasteiger partial charge in [-0.2, -0.15) is 0 Å². The number of nitrogens with zero attached hydrogens (tertiary/aromatic N) is 2. The number of benzene rings is 1. The molecule has 4 N–H and O–H groups in total. The number of hydrogen-bond acceptors (Lipinski definition) is 5. The minimum atomic E-state index is -0.346. The summed E-state index contributed by atoms with van der Waals surface area (Å²) < 4.78 is 5.72. The van der Waals surface area contributed by atoms with E-state index in [0.717, 1.165) is 12.0 Å². The van der Waals surface area contributed by atoms with Gasteiger partial charge in [-0.3, -0.25) is 15.2 Å². The number of rotatable bonds is 6. The molecule has 0 bridgehead atoms. The topological polar surface area (TPSA) is 121 Å². The molecule has 2 aromatic heterocycles. The first-order valence-electron chi connectivity index (χ1n) is 9.47. The lowest BCUT2D eigenvalue weighted by Gasteiger charge is -2.14. The molecular formula is C20H22N6O3. The maximum atomic E-state index is 12.3. The summed E-state index contributed by atoms with van der Waals surface area (Å²) in [6, 6.07) is 10.9. The highest BCUT2D eigenvalue weighted by Gasteiger charge is 2.22. The van der Waals surface area contributed by atoms with Gasteiger partial charge in [-0.1, -0.05) is 30.3 Å². The molecule has 29 heavy (non-hydrogen) atoms. The first-order chi connectivity index (χ1) is 14.1. The zero-order chi connectivity index (χ0) is 20.2. The van der Waals surface area contributed by atoms with Crippen molar-refractivity contribution in [1.82, 2.24) is 25.8 Å². The number of nitrogens with one attached hydrogen (secondary N) is 4. The molecular weight excluding hydrogens is 372 g/mol. The smallest absolute Gasteiger partial charge is 0.320 e. The Balaban J connectivity index is 1.36. The number of amides is 3. The van der Waals surface area contributed by atoms with E-state index in [0.29, 0.717) is 35.6 Å². The summed E-state index contributed by atoms with van der Waals surface area (Å²) in [5, 5.41) is 16.2. The van der Waals surface area contributed by atoms with Crippen LogP contribution >= 0.6 is 0 Å². The van der Waals surface area contributed by atoms with Crippen molar-refractivity contribution >= 4 is 28.7 Å². The highest BCUT2D eigenvalue weighted by molar-refractivity contribution is 5.92. The van der Waals surface area contributed by atoms with E-state index in [1.165, 1.54) is 0 Å². The van der Waals surface area contributed by atoms with Gasteiger partial charge in [0.15, 0.2) is 0 Å². The van der Waals surface area contributed by atoms with Gasteiger partial charge < -0.3 is 15.4 Å². The standard InChI is InChI=1S/C20H22N6O3/c1-12(13-5-3-2-4-6-13)22-20(28)24-17-9-16-15(10-21-17)19(26-25-16)29-11-14-7-8-18(27)23-14/h2-6,9-10,12,14H,7-8,11H2,1H3,(H,23,27)(H,25,26)(H2,21,22,24,28)/t12-,14+/m1/s1. The third-order valence-corrected chi connectivity index (χ3v) is 4.81. The molecule has 1 aliphatic heterocycles. The summed E-state index contributed by atoms with van der Waals surface area (Å²) in [4.78, 5) is 27.8. The summed E-state index contributed by atoms with van der Waals surface area (Å²) in [5.74, 6) is 0.860. The van der Waals surface area contributed by atoms with E-state index in [4.69, 9.17) is 4.74 Å². The third kappa shape index (κ3) is 4.45. The van der Waals surface area contributed by atoms with E-state index in [-0.39, 0.29) is 24.0 Å². The fourth-order valence-corrected chi connectivity index (χ4v) is 3.22. The molecule has 0 spiro atoms. The van der Waals surface area contributed by atoms with Gasteiger partial charge in [0, 0.05) is 18.7 Å². The second kappa shape index (κ2) is 8.17. The van der Waals surface area contributed by atoms with Crippen LogP contribution in [0.25, 0.3) is 10.9 Å². The van der Waals surface area contributed by atoms with Crippen molar-refractivity contribution in [2.45, 2.75) is 31.8 Å². The normalized spacial score (nSPS) is 17.0. The molecule has 0 aliphatic carbocycles. The highest BCUT2D eigenvalue weighted by Crippen LogP contribution is 2.24. The summed E-state index contributed by atoms with van der Waals surface area (Å²) in [7, 11) is 0. The number of urea groups is 1. The van der Waals surface area contributed by atoms with E-state index in [9.17, 15) is 9.59 Å². The molecule has 0 radical (unpaired) electrons. The van der Waals surface area contributed by atoms with Crippen molar-refractivity contribution in [2.75, 3.05) is 11.9 Å². The monoisotopic (exact) mass is 394 g/mol. The molecule has 9 heteroatoms. The van der Waals surface area contributed by atoms with Crippen LogP contribution in [-0.4, -0.2) is 39.8 Å². The number of hydrogen-bond donors (Lipinski definition) is 4. The van der Waals surface area contributed by atoms with Gasteiger partial charge in [0.25, 0.3) is 0 Å². The van der Waals surface area contributed by atoms with Crippen molar-refractivity contribution in [2.24, 2.45) is 0 Å². The molecule has 3 aromatic rings.